The predicted molar refractivity (Wildman–Crippen MR) is 106 cm³/mol. The summed E-state index contributed by atoms with van der Waals surface area (Å²) in [5, 5.41) is 15.6. The molecule has 4 rings (SSSR count). The van der Waals surface area contributed by atoms with Gasteiger partial charge in [0.05, 0.1) is 23.9 Å². The molecule has 1 fully saturated rings. The maximum atomic E-state index is 13.2. The van der Waals surface area contributed by atoms with Crippen LogP contribution in [0.4, 0.5) is 18.9 Å². The zero-order valence-electron chi connectivity index (χ0n) is 16.5. The fourth-order valence-electron chi connectivity index (χ4n) is 3.98. The van der Waals surface area contributed by atoms with E-state index in [4.69, 9.17) is 4.74 Å². The Morgan fingerprint density at radius 1 is 1.03 bits per heavy atom. The molecule has 3 aromatic rings. The first-order valence-corrected chi connectivity index (χ1v) is 9.80. The Kier molecular flexibility index (Phi) is 5.36. The van der Waals surface area contributed by atoms with Crippen LogP contribution in [0.3, 0.4) is 0 Å². The van der Waals surface area contributed by atoms with Gasteiger partial charge in [0.2, 0.25) is 0 Å². The highest BCUT2D eigenvalue weighted by molar-refractivity contribution is 5.50. The van der Waals surface area contributed by atoms with E-state index in [0.29, 0.717) is 5.82 Å². The number of tetrazole rings is 1. The minimum atomic E-state index is -4.44. The lowest BCUT2D eigenvalue weighted by atomic mass is 9.80. The van der Waals surface area contributed by atoms with Crippen molar-refractivity contribution >= 4 is 5.69 Å². The highest BCUT2D eigenvalue weighted by Gasteiger charge is 2.39. The van der Waals surface area contributed by atoms with Crippen LogP contribution in [-0.4, -0.2) is 27.3 Å². The van der Waals surface area contributed by atoms with Crippen LogP contribution < -0.4 is 10.1 Å². The molecular weight excluding hydrogens is 395 g/mol. The van der Waals surface area contributed by atoms with Crippen molar-refractivity contribution in [1.29, 1.82) is 0 Å². The number of aromatic nitrogens is 4. The quantitative estimate of drug-likeness (QED) is 0.636. The van der Waals surface area contributed by atoms with Crippen molar-refractivity contribution in [2.24, 2.45) is 0 Å². The van der Waals surface area contributed by atoms with Crippen molar-refractivity contribution in [3.05, 3.63) is 59.9 Å². The summed E-state index contributed by atoms with van der Waals surface area (Å²) in [5.74, 6) is 1.25. The number of alkyl halides is 3. The Morgan fingerprint density at radius 3 is 2.43 bits per heavy atom. The molecule has 1 aliphatic rings. The number of hydrogen-bond acceptors (Lipinski definition) is 5. The van der Waals surface area contributed by atoms with E-state index in [2.05, 4.69) is 20.8 Å². The predicted octanol–water partition coefficient (Wildman–Crippen LogP) is 4.96. The molecule has 0 unspecified atom stereocenters. The largest absolute Gasteiger partial charge is 0.497 e. The second kappa shape index (κ2) is 7.97. The number of benzene rings is 2. The summed E-state index contributed by atoms with van der Waals surface area (Å²) < 4.78 is 46.2. The second-order valence-electron chi connectivity index (χ2n) is 7.46. The van der Waals surface area contributed by atoms with E-state index in [9.17, 15) is 13.2 Å². The van der Waals surface area contributed by atoms with Gasteiger partial charge in [-0.05, 0) is 65.7 Å². The number of ether oxygens (including phenoxy) is 1. The first-order valence-electron chi connectivity index (χ1n) is 9.80. The average molecular weight is 417 g/mol. The van der Waals surface area contributed by atoms with E-state index in [-0.39, 0.29) is 5.69 Å². The number of nitrogens with zero attached hydrogens (tertiary/aromatic N) is 4. The number of methoxy groups -OCH3 is 1. The fraction of sp³-hybridized carbons (Fsp3) is 0.381. The Morgan fingerprint density at radius 2 is 1.77 bits per heavy atom. The van der Waals surface area contributed by atoms with Crippen LogP contribution in [-0.2, 0) is 11.7 Å². The van der Waals surface area contributed by atoms with Gasteiger partial charge in [-0.15, -0.1) is 5.10 Å². The highest BCUT2D eigenvalue weighted by Crippen LogP contribution is 2.40. The van der Waals surface area contributed by atoms with Gasteiger partial charge in [0, 0.05) is 5.69 Å². The lowest BCUT2D eigenvalue weighted by Gasteiger charge is -2.37. The lowest BCUT2D eigenvalue weighted by molar-refractivity contribution is -0.137. The average Bonchev–Trinajstić information content (AvgIpc) is 3.25. The Bertz CT molecular complexity index is 994. The van der Waals surface area contributed by atoms with Gasteiger partial charge in [0.25, 0.3) is 0 Å². The molecule has 0 saturated heterocycles. The van der Waals surface area contributed by atoms with Gasteiger partial charge in [-0.3, -0.25) is 0 Å². The monoisotopic (exact) mass is 417 g/mol. The molecule has 158 valence electrons. The van der Waals surface area contributed by atoms with Crippen LogP contribution in [0.5, 0.6) is 5.75 Å². The molecule has 9 heteroatoms. The van der Waals surface area contributed by atoms with Crippen molar-refractivity contribution in [1.82, 2.24) is 20.2 Å². The maximum Gasteiger partial charge on any atom is 0.416 e. The molecule has 0 aliphatic heterocycles. The maximum absolute atomic E-state index is 13.2. The smallest absolute Gasteiger partial charge is 0.416 e. The molecule has 1 aromatic heterocycles. The van der Waals surface area contributed by atoms with Crippen LogP contribution in [0.15, 0.2) is 48.5 Å². The van der Waals surface area contributed by atoms with E-state index in [1.165, 1.54) is 10.7 Å². The molecule has 30 heavy (non-hydrogen) atoms. The first kappa shape index (κ1) is 20.2. The fourth-order valence-corrected chi connectivity index (χ4v) is 3.98. The standard InChI is InChI=1S/C21H22F3N5O/c1-30-18-10-8-16(9-11-18)25-20(12-3-2-4-13-20)19-26-27-28-29(19)17-7-5-6-15(14-17)21(22,23)24/h5-11,14,25H,2-4,12-13H2,1H3. The molecule has 1 saturated carbocycles. The van der Waals surface area contributed by atoms with Gasteiger partial charge in [-0.25, -0.2) is 0 Å². The number of hydrogen-bond donors (Lipinski definition) is 1. The number of anilines is 1. The Balaban J connectivity index is 1.74. The summed E-state index contributed by atoms with van der Waals surface area (Å²) in [6.07, 6.45) is 0.152. The molecular formula is C21H22F3N5O. The van der Waals surface area contributed by atoms with E-state index < -0.39 is 17.3 Å². The third-order valence-corrected chi connectivity index (χ3v) is 5.50. The van der Waals surface area contributed by atoms with Gasteiger partial charge in [-0.1, -0.05) is 25.3 Å². The molecule has 1 aliphatic carbocycles. The van der Waals surface area contributed by atoms with Gasteiger partial charge in [0.15, 0.2) is 5.82 Å². The van der Waals surface area contributed by atoms with E-state index in [0.717, 1.165) is 55.7 Å². The van der Waals surface area contributed by atoms with E-state index >= 15 is 0 Å². The van der Waals surface area contributed by atoms with Crippen LogP contribution in [0.25, 0.3) is 5.69 Å². The normalized spacial score (nSPS) is 16.3. The van der Waals surface area contributed by atoms with Gasteiger partial charge in [-0.2, -0.15) is 17.9 Å². The summed E-state index contributed by atoms with van der Waals surface area (Å²) in [5.41, 5.74) is -0.158. The third kappa shape index (κ3) is 3.96. The summed E-state index contributed by atoms with van der Waals surface area (Å²) >= 11 is 0. The molecule has 0 amide bonds. The van der Waals surface area contributed by atoms with Crippen molar-refractivity contribution < 1.29 is 17.9 Å². The van der Waals surface area contributed by atoms with Crippen LogP contribution >= 0.6 is 0 Å². The summed E-state index contributed by atoms with van der Waals surface area (Å²) in [6, 6.07) is 12.6. The molecule has 0 spiro atoms. The van der Waals surface area contributed by atoms with Crippen LogP contribution in [0.1, 0.15) is 43.5 Å². The summed E-state index contributed by atoms with van der Waals surface area (Å²) in [4.78, 5) is 0. The molecule has 0 atom stereocenters. The zero-order chi connectivity index (χ0) is 21.2. The minimum Gasteiger partial charge on any atom is -0.497 e. The van der Waals surface area contributed by atoms with Gasteiger partial charge >= 0.3 is 6.18 Å². The topological polar surface area (TPSA) is 64.9 Å². The summed E-state index contributed by atoms with van der Waals surface area (Å²) in [6.45, 7) is 0. The van der Waals surface area contributed by atoms with Crippen LogP contribution in [0, 0.1) is 0 Å². The zero-order valence-corrected chi connectivity index (χ0v) is 16.5. The third-order valence-electron chi connectivity index (χ3n) is 5.50. The Hall–Kier alpha value is -3.10. The highest BCUT2D eigenvalue weighted by atomic mass is 19.4. The lowest BCUT2D eigenvalue weighted by Crippen LogP contribution is -2.40. The minimum absolute atomic E-state index is 0.284. The second-order valence-corrected chi connectivity index (χ2v) is 7.46. The SMILES string of the molecule is COc1ccc(NC2(c3nnnn3-c3cccc(C(F)(F)F)c3)CCCCC2)cc1. The molecule has 0 bridgehead atoms. The molecule has 1 N–H and O–H groups in total. The number of halogens is 3. The van der Waals surface area contributed by atoms with E-state index in [1.807, 2.05) is 24.3 Å². The van der Waals surface area contributed by atoms with Gasteiger partial charge < -0.3 is 10.1 Å². The van der Waals surface area contributed by atoms with E-state index in [1.54, 1.807) is 13.2 Å². The number of nitrogens with one attached hydrogen (secondary N) is 1. The number of rotatable bonds is 5. The molecule has 6 nitrogen and oxygen atoms in total. The van der Waals surface area contributed by atoms with Crippen molar-refractivity contribution in [2.75, 3.05) is 12.4 Å². The van der Waals surface area contributed by atoms with Crippen molar-refractivity contribution in [2.45, 2.75) is 43.8 Å². The van der Waals surface area contributed by atoms with Gasteiger partial charge in [0.1, 0.15) is 5.75 Å². The van der Waals surface area contributed by atoms with Crippen molar-refractivity contribution in [3.63, 3.8) is 0 Å². The molecule has 1 heterocycles. The molecule has 2 aromatic carbocycles. The Labute approximate surface area is 172 Å². The van der Waals surface area contributed by atoms with Crippen LogP contribution in [0.2, 0.25) is 0 Å². The van der Waals surface area contributed by atoms with Crippen molar-refractivity contribution in [3.8, 4) is 11.4 Å². The first-order chi connectivity index (χ1) is 14.4. The summed E-state index contributed by atoms with van der Waals surface area (Å²) in [7, 11) is 1.61. The molecule has 0 radical (unpaired) electrons.